The number of allylic oxidation sites excluding steroid dienone is 2. The Morgan fingerprint density at radius 2 is 1.09 bits per heavy atom. The largest absolute Gasteiger partial charge is 0.370 e. The number of nitrogens with one attached hydrogen (secondary N) is 11. The molecule has 0 aliphatic carbocycles. The quantitative estimate of drug-likeness (QED) is 0.0127. The number of carbonyl (C=O) groups is 10. The lowest BCUT2D eigenvalue weighted by Gasteiger charge is -2.27. The van der Waals surface area contributed by atoms with Gasteiger partial charge in [-0.15, -0.1) is 0 Å². The molecule has 0 unspecified atom stereocenters. The maximum atomic E-state index is 14.6. The van der Waals surface area contributed by atoms with Gasteiger partial charge >= 0.3 is 0 Å². The average Bonchev–Trinajstić information content (AvgIpc) is 1.75. The van der Waals surface area contributed by atoms with E-state index in [-0.39, 0.29) is 70.0 Å². The highest BCUT2D eigenvalue weighted by Crippen LogP contribution is 2.20. The number of para-hydroxylation sites is 1. The first-order valence-electron chi connectivity index (χ1n) is 32.8. The van der Waals surface area contributed by atoms with Crippen molar-refractivity contribution in [1.82, 2.24) is 58.3 Å². The number of nitrogens with zero attached hydrogens (tertiary/aromatic N) is 2. The fourth-order valence-corrected chi connectivity index (χ4v) is 9.91. The first kappa shape index (κ1) is 77.4. The van der Waals surface area contributed by atoms with Gasteiger partial charge in [0.1, 0.15) is 49.0 Å². The summed E-state index contributed by atoms with van der Waals surface area (Å²) in [6.07, 6.45) is 23.4. The highest BCUT2D eigenvalue weighted by atomic mass is 16.2. The van der Waals surface area contributed by atoms with Crippen molar-refractivity contribution in [3.8, 4) is 0 Å². The fourth-order valence-electron chi connectivity index (χ4n) is 9.91. The van der Waals surface area contributed by atoms with Crippen molar-refractivity contribution in [1.29, 1.82) is 0 Å². The molecule has 0 saturated carbocycles. The zero-order valence-corrected chi connectivity index (χ0v) is 54.5. The van der Waals surface area contributed by atoms with Gasteiger partial charge < -0.3 is 75.5 Å². The van der Waals surface area contributed by atoms with Gasteiger partial charge in [-0.25, -0.2) is 0 Å². The minimum Gasteiger partial charge on any atom is -0.370 e. The molecule has 0 saturated heterocycles. The Morgan fingerprint density at radius 3 is 1.77 bits per heavy atom. The van der Waals surface area contributed by atoms with Crippen molar-refractivity contribution in [2.45, 2.75) is 212 Å². The van der Waals surface area contributed by atoms with E-state index in [0.717, 1.165) is 55.6 Å². The summed E-state index contributed by atoms with van der Waals surface area (Å²) in [5.74, 6) is -6.05. The van der Waals surface area contributed by atoms with E-state index in [1.807, 2.05) is 31.2 Å². The maximum absolute atomic E-state index is 14.6. The molecule has 2 aromatic carbocycles. The summed E-state index contributed by atoms with van der Waals surface area (Å²) < 4.78 is 0. The third kappa shape index (κ3) is 33.8. The van der Waals surface area contributed by atoms with Crippen LogP contribution in [0.5, 0.6) is 0 Å². The van der Waals surface area contributed by atoms with E-state index in [1.165, 1.54) is 52.4 Å². The smallest absolute Gasteiger partial charge is 0.264 e. The van der Waals surface area contributed by atoms with E-state index in [2.05, 4.69) is 87.4 Å². The number of amides is 10. The van der Waals surface area contributed by atoms with Gasteiger partial charge in [-0.1, -0.05) is 126 Å². The lowest BCUT2D eigenvalue weighted by Crippen LogP contribution is -2.59. The van der Waals surface area contributed by atoms with Gasteiger partial charge in [0.15, 0.2) is 5.96 Å². The highest BCUT2D eigenvalue weighted by molar-refractivity contribution is 6.26. The minimum absolute atomic E-state index is 0.0108. The summed E-state index contributed by atoms with van der Waals surface area (Å²) in [7, 11) is 0. The third-order valence-corrected chi connectivity index (χ3v) is 15.1. The second-order valence-corrected chi connectivity index (χ2v) is 23.0. The van der Waals surface area contributed by atoms with Crippen LogP contribution in [0.1, 0.15) is 174 Å². The van der Waals surface area contributed by atoms with Crippen LogP contribution in [-0.4, -0.2) is 145 Å². The van der Waals surface area contributed by atoms with E-state index in [1.54, 1.807) is 36.5 Å². The van der Waals surface area contributed by atoms with E-state index >= 15 is 0 Å². The average molecular weight is 1280 g/mol. The van der Waals surface area contributed by atoms with Crippen LogP contribution in [-0.2, 0) is 60.8 Å². The molecule has 17 N–H and O–H groups in total. The first-order valence-corrected chi connectivity index (χ1v) is 32.8. The number of carbonyl (C=O) groups excluding carboxylic acids is 10. The van der Waals surface area contributed by atoms with Crippen molar-refractivity contribution in [2.75, 3.05) is 32.7 Å². The molecule has 0 fully saturated rings. The van der Waals surface area contributed by atoms with Crippen LogP contribution in [0, 0.1) is 0 Å². The molecule has 10 amide bonds. The van der Waals surface area contributed by atoms with Crippen molar-refractivity contribution < 1.29 is 47.9 Å². The van der Waals surface area contributed by atoms with Gasteiger partial charge in [0.2, 0.25) is 53.2 Å². The number of aromatic amines is 1. The lowest BCUT2D eigenvalue weighted by atomic mass is 10.0. The van der Waals surface area contributed by atoms with E-state index in [9.17, 15) is 47.9 Å². The molecule has 92 heavy (non-hydrogen) atoms. The molecule has 26 heteroatoms. The van der Waals surface area contributed by atoms with E-state index < -0.39 is 89.4 Å². The van der Waals surface area contributed by atoms with E-state index in [4.69, 9.17) is 17.2 Å². The van der Waals surface area contributed by atoms with Crippen LogP contribution in [0.2, 0.25) is 0 Å². The molecular formula is C66H104N16O10. The van der Waals surface area contributed by atoms with Gasteiger partial charge in [-0.2, -0.15) is 5.10 Å². The monoisotopic (exact) mass is 1280 g/mol. The van der Waals surface area contributed by atoms with Crippen LogP contribution in [0.15, 0.2) is 83.0 Å². The molecule has 26 nitrogen and oxygen atoms in total. The Bertz CT molecular complexity index is 2840. The Hall–Kier alpha value is -8.84. The lowest BCUT2D eigenvalue weighted by molar-refractivity contribution is -0.135. The van der Waals surface area contributed by atoms with Crippen molar-refractivity contribution in [3.63, 3.8) is 0 Å². The number of hydrogen-bond acceptors (Lipinski definition) is 13. The number of aliphatic imine (C=N–C) groups is 1. The number of guanidine groups is 1. The molecule has 0 bridgehead atoms. The van der Waals surface area contributed by atoms with Crippen molar-refractivity contribution in [2.24, 2.45) is 27.3 Å². The number of unbranched alkanes of at least 4 members (excludes halogenated alkanes) is 11. The molecule has 3 rings (SSSR count). The fraction of sp³-hybridized carbons (Fsp3) is 0.576. The SMILES string of the molecule is CCCCCC/C=C\CCCCCCCC(=O)NCCCNC(=O)/C=N/NCC(=O)NCCCC[C@H](NC(=O)[C@H](C)NC(=O)[C@H](CCCC)NC(C)=O)C(=O)N[C@H](Cc1ccccc1)C(=O)N[C@@H](CCCN=C(N)N)C(=O)N[C@@H](Cc1c[nH]c2ccccc12)C(N)=O. The standard InChI is InChI=1S/C66H104N16O10/c1-5-7-9-10-11-12-13-14-15-16-17-18-22-36-57(84)70-39-28-40-72-59(86)45-76-75-44-58(85)71-37-26-25-34-53(79-61(88)46(3)77-62(89)52(32-8-6-2)78-47(4)83)64(91)82-56(41-48-29-20-19-21-30-48)65(92)80-54(35-27-38-73-66(68)69)63(90)81-55(60(67)87)42-49-43-74-51-33-24-23-31-50(49)51/h12-13,19-21,23-24,29-31,33,43,45-46,52-56,74-75H,5-11,14-18,22,25-28,32,34-42,44H2,1-4H3,(H2,67,87)(H,70,84)(H,71,85)(H,72,86)(H,77,89)(H,78,83)(H,79,88)(H,80,92)(H,81,90)(H,82,91)(H4,68,69,73)/b13-12-,76-45+/t46-,52-,53-,54-,55-,56+/m0/s1. The van der Waals surface area contributed by atoms with Crippen LogP contribution in [0.25, 0.3) is 10.9 Å². The molecule has 1 heterocycles. The number of aromatic nitrogens is 1. The maximum Gasteiger partial charge on any atom is 0.264 e. The summed E-state index contributed by atoms with van der Waals surface area (Å²) in [6, 6.07) is 8.89. The minimum atomic E-state index is -1.36. The molecule has 0 aliphatic heterocycles. The molecule has 0 radical (unpaired) electrons. The van der Waals surface area contributed by atoms with E-state index in [0.29, 0.717) is 56.3 Å². The Balaban J connectivity index is 1.62. The Labute approximate surface area is 542 Å². The molecule has 0 spiro atoms. The number of H-pyrrole nitrogens is 1. The molecule has 0 aliphatic rings. The van der Waals surface area contributed by atoms with Crippen molar-refractivity contribution >= 4 is 82.1 Å². The van der Waals surface area contributed by atoms with Gasteiger partial charge in [-0.3, -0.25) is 52.9 Å². The summed E-state index contributed by atoms with van der Waals surface area (Å²) in [6.45, 7) is 7.54. The van der Waals surface area contributed by atoms with Crippen LogP contribution >= 0.6 is 0 Å². The van der Waals surface area contributed by atoms with Crippen LogP contribution in [0.4, 0.5) is 0 Å². The van der Waals surface area contributed by atoms with Crippen LogP contribution in [0.3, 0.4) is 0 Å². The Kier molecular flexibility index (Phi) is 38.9. The number of nitrogens with two attached hydrogens (primary N) is 3. The zero-order valence-electron chi connectivity index (χ0n) is 54.5. The number of benzene rings is 2. The highest BCUT2D eigenvalue weighted by Gasteiger charge is 2.33. The van der Waals surface area contributed by atoms with Crippen LogP contribution < -0.4 is 70.5 Å². The molecule has 6 atom stereocenters. The van der Waals surface area contributed by atoms with Gasteiger partial charge in [0.05, 0.1) is 0 Å². The molecular weight excluding hydrogens is 1180 g/mol. The summed E-state index contributed by atoms with van der Waals surface area (Å²) in [5.41, 5.74) is 21.6. The number of hydrogen-bond donors (Lipinski definition) is 14. The summed E-state index contributed by atoms with van der Waals surface area (Å²) >= 11 is 0. The topological polar surface area (TPSA) is 410 Å². The predicted molar refractivity (Wildman–Crippen MR) is 358 cm³/mol. The normalized spacial score (nSPS) is 13.1. The first-order chi connectivity index (χ1) is 44.3. The molecule has 1 aromatic heterocycles. The number of hydrazone groups is 1. The number of fused-ring (bicyclic) bond motifs is 1. The van der Waals surface area contributed by atoms with Gasteiger partial charge in [-0.05, 0) is 101 Å². The van der Waals surface area contributed by atoms with Gasteiger partial charge in [0.25, 0.3) is 5.91 Å². The van der Waals surface area contributed by atoms with Gasteiger partial charge in [0, 0.05) is 69.5 Å². The zero-order chi connectivity index (χ0) is 67.3. The third-order valence-electron chi connectivity index (χ3n) is 15.1. The molecule has 508 valence electrons. The predicted octanol–water partition coefficient (Wildman–Crippen LogP) is 3.37. The summed E-state index contributed by atoms with van der Waals surface area (Å²) in [5, 5.41) is 29.2. The van der Waals surface area contributed by atoms with Crippen molar-refractivity contribution in [3.05, 3.63) is 84.1 Å². The number of primary amides is 1. The second-order valence-electron chi connectivity index (χ2n) is 23.0. The molecule has 3 aromatic rings. The number of rotatable bonds is 49. The second kappa shape index (κ2) is 46.3. The summed E-state index contributed by atoms with van der Waals surface area (Å²) in [4.78, 5) is 140. The Morgan fingerprint density at radius 1 is 0.533 bits per heavy atom.